The Morgan fingerprint density at radius 3 is 2.58 bits per heavy atom. The van der Waals surface area contributed by atoms with E-state index < -0.39 is 14.8 Å². The maximum absolute atomic E-state index is 12.3. The van der Waals surface area contributed by atoms with Crippen molar-refractivity contribution in [2.24, 2.45) is 10.9 Å². The van der Waals surface area contributed by atoms with Crippen molar-refractivity contribution in [2.45, 2.75) is 18.7 Å². The molecule has 2 aromatic heterocycles. The number of aromatic nitrogens is 4. The van der Waals surface area contributed by atoms with Crippen LogP contribution in [0.3, 0.4) is 0 Å². The number of benzene rings is 1. The highest BCUT2D eigenvalue weighted by molar-refractivity contribution is 7.90. The molecule has 0 spiro atoms. The molecule has 0 amide bonds. The van der Waals surface area contributed by atoms with E-state index in [1.54, 1.807) is 19.9 Å². The van der Waals surface area contributed by atoms with Gasteiger partial charge in [0.05, 0.1) is 15.5 Å². The smallest absolute Gasteiger partial charge is 0.296 e. The van der Waals surface area contributed by atoms with E-state index >= 15 is 0 Å². The third-order valence-corrected chi connectivity index (χ3v) is 5.24. The highest BCUT2D eigenvalue weighted by Crippen LogP contribution is 2.28. The van der Waals surface area contributed by atoms with Gasteiger partial charge in [-0.2, -0.15) is 5.10 Å². The summed E-state index contributed by atoms with van der Waals surface area (Å²) in [6.07, 6.45) is 1.03. The second-order valence-electron chi connectivity index (χ2n) is 6.38. The van der Waals surface area contributed by atoms with E-state index in [1.165, 1.54) is 30.3 Å². The first-order valence-corrected chi connectivity index (χ1v) is 10.9. The predicted molar refractivity (Wildman–Crippen MR) is 111 cm³/mol. The van der Waals surface area contributed by atoms with Gasteiger partial charge >= 0.3 is 0 Å². The average molecular weight is 445 g/mol. The highest BCUT2D eigenvalue weighted by Gasteiger charge is 2.24. The molecular formula is C18H19N7O5S. The van der Waals surface area contributed by atoms with Gasteiger partial charge in [-0.1, -0.05) is 17.3 Å². The summed E-state index contributed by atoms with van der Waals surface area (Å²) in [5.74, 6) is -0.0492. The molecule has 0 aliphatic carbocycles. The second-order valence-corrected chi connectivity index (χ2v) is 8.36. The van der Waals surface area contributed by atoms with Gasteiger partial charge in [-0.05, 0) is 32.0 Å². The molecule has 0 unspecified atom stereocenters. The number of nitro groups is 1. The molecule has 13 heteroatoms. The fourth-order valence-electron chi connectivity index (χ4n) is 2.73. The normalized spacial score (nSPS) is 12.0. The number of aryl methyl sites for hydroxylation is 1. The summed E-state index contributed by atoms with van der Waals surface area (Å²) in [4.78, 5) is 21.0. The van der Waals surface area contributed by atoms with Crippen molar-refractivity contribution in [3.8, 4) is 17.1 Å². The van der Waals surface area contributed by atoms with Crippen molar-refractivity contribution in [1.82, 2.24) is 20.0 Å². The number of hydrogen-bond donors (Lipinski definition) is 1. The van der Waals surface area contributed by atoms with Gasteiger partial charge in [0.25, 0.3) is 5.69 Å². The Kier molecular flexibility index (Phi) is 5.97. The monoisotopic (exact) mass is 445 g/mol. The summed E-state index contributed by atoms with van der Waals surface area (Å²) in [7, 11) is -3.69. The van der Waals surface area contributed by atoms with Gasteiger partial charge < -0.3 is 10.6 Å². The number of para-hydroxylation sites is 2. The SMILES string of the molecule is CCO/N=C(\N)c1ccc(S(C)(=O)=O)c(-c2nn(-c3ccccc3[N+](=O)[O-])nc2C)n1. The van der Waals surface area contributed by atoms with Gasteiger partial charge in [0.2, 0.25) is 0 Å². The zero-order valence-corrected chi connectivity index (χ0v) is 17.7. The quantitative estimate of drug-likeness (QED) is 0.246. The molecule has 162 valence electrons. The summed E-state index contributed by atoms with van der Waals surface area (Å²) in [5.41, 5.74) is 6.40. The zero-order valence-electron chi connectivity index (χ0n) is 16.9. The van der Waals surface area contributed by atoms with Crippen molar-refractivity contribution in [2.75, 3.05) is 12.9 Å². The van der Waals surface area contributed by atoms with Crippen LogP contribution in [0.5, 0.6) is 0 Å². The molecule has 0 bridgehead atoms. The Labute approximate surface area is 177 Å². The van der Waals surface area contributed by atoms with Crippen LogP contribution < -0.4 is 5.73 Å². The lowest BCUT2D eigenvalue weighted by Crippen LogP contribution is -2.17. The summed E-state index contributed by atoms with van der Waals surface area (Å²) < 4.78 is 24.7. The third-order valence-electron chi connectivity index (χ3n) is 4.11. The van der Waals surface area contributed by atoms with E-state index in [0.717, 1.165) is 11.1 Å². The van der Waals surface area contributed by atoms with Gasteiger partial charge in [0.1, 0.15) is 23.7 Å². The number of nitrogens with two attached hydrogens (primary N) is 1. The van der Waals surface area contributed by atoms with Gasteiger partial charge in [-0.25, -0.2) is 13.4 Å². The topological polar surface area (TPSA) is 168 Å². The number of hydrogen-bond acceptors (Lipinski definition) is 9. The summed E-state index contributed by atoms with van der Waals surface area (Å²) >= 11 is 0. The molecule has 3 rings (SSSR count). The maximum Gasteiger partial charge on any atom is 0.296 e. The van der Waals surface area contributed by atoms with Crippen LogP contribution in [0.2, 0.25) is 0 Å². The molecule has 2 heterocycles. The summed E-state index contributed by atoms with van der Waals surface area (Å²) in [6, 6.07) is 8.66. The third kappa shape index (κ3) is 4.50. The molecular weight excluding hydrogens is 426 g/mol. The fourth-order valence-corrected chi connectivity index (χ4v) is 3.54. The number of oxime groups is 1. The van der Waals surface area contributed by atoms with Crippen molar-refractivity contribution in [1.29, 1.82) is 0 Å². The molecule has 3 aromatic rings. The van der Waals surface area contributed by atoms with Crippen molar-refractivity contribution >= 4 is 21.4 Å². The Morgan fingerprint density at radius 1 is 1.23 bits per heavy atom. The molecule has 1 aromatic carbocycles. The standard InChI is InChI=1S/C18H19N7O5S/c1-4-30-23-18(19)12-9-10-15(31(3,28)29)17(20-12)16-11(2)21-24(22-16)13-7-5-6-8-14(13)25(26)27/h5-10H,4H2,1-3H3,(H2,19,23). The van der Waals surface area contributed by atoms with E-state index in [9.17, 15) is 18.5 Å². The zero-order chi connectivity index (χ0) is 22.8. The minimum atomic E-state index is -3.69. The molecule has 0 aliphatic rings. The molecule has 12 nitrogen and oxygen atoms in total. The molecule has 2 N–H and O–H groups in total. The number of pyridine rings is 1. The minimum absolute atomic E-state index is 0.00279. The van der Waals surface area contributed by atoms with Crippen molar-refractivity contribution in [3.05, 3.63) is 57.9 Å². The Balaban J connectivity index is 2.22. The van der Waals surface area contributed by atoms with Crippen molar-refractivity contribution in [3.63, 3.8) is 0 Å². The molecule has 0 saturated heterocycles. The summed E-state index contributed by atoms with van der Waals surface area (Å²) in [6.45, 7) is 3.61. The van der Waals surface area contributed by atoms with Gasteiger partial charge in [-0.15, -0.1) is 9.90 Å². The number of sulfone groups is 1. The van der Waals surface area contributed by atoms with Crippen LogP contribution in [0.4, 0.5) is 5.69 Å². The van der Waals surface area contributed by atoms with Crippen molar-refractivity contribution < 1.29 is 18.2 Å². The first-order chi connectivity index (χ1) is 14.6. The Bertz CT molecular complexity index is 1280. The van der Waals surface area contributed by atoms with E-state index in [1.807, 2.05) is 0 Å². The number of nitro benzene ring substituents is 1. The number of amidine groups is 1. The van der Waals surface area contributed by atoms with Gasteiger partial charge in [0, 0.05) is 12.3 Å². The molecule has 0 atom stereocenters. The van der Waals surface area contributed by atoms with Gasteiger partial charge in [0.15, 0.2) is 21.4 Å². The molecule has 0 fully saturated rings. The van der Waals surface area contributed by atoms with Crippen LogP contribution in [-0.4, -0.2) is 52.0 Å². The first kappa shape index (κ1) is 21.8. The minimum Gasteiger partial charge on any atom is -0.394 e. The molecule has 31 heavy (non-hydrogen) atoms. The molecule has 0 radical (unpaired) electrons. The first-order valence-electron chi connectivity index (χ1n) is 8.98. The van der Waals surface area contributed by atoms with E-state index in [4.69, 9.17) is 10.6 Å². The second kappa shape index (κ2) is 8.47. The lowest BCUT2D eigenvalue weighted by Gasteiger charge is -2.08. The largest absolute Gasteiger partial charge is 0.394 e. The lowest BCUT2D eigenvalue weighted by atomic mass is 10.2. The van der Waals surface area contributed by atoms with E-state index in [0.29, 0.717) is 5.69 Å². The van der Waals surface area contributed by atoms with Crippen LogP contribution in [0.15, 0.2) is 46.4 Å². The number of rotatable bonds is 7. The highest BCUT2D eigenvalue weighted by atomic mass is 32.2. The lowest BCUT2D eigenvalue weighted by molar-refractivity contribution is -0.384. The van der Waals surface area contributed by atoms with Crippen LogP contribution in [0.25, 0.3) is 17.1 Å². The van der Waals surface area contributed by atoms with Crippen LogP contribution >= 0.6 is 0 Å². The molecule has 0 saturated carbocycles. The Hall–Kier alpha value is -3.87. The predicted octanol–water partition coefficient (Wildman–Crippen LogP) is 1.61. The van der Waals surface area contributed by atoms with E-state index in [2.05, 4.69) is 20.3 Å². The van der Waals surface area contributed by atoms with Gasteiger partial charge in [-0.3, -0.25) is 10.1 Å². The molecule has 0 aliphatic heterocycles. The fraction of sp³-hybridized carbons (Fsp3) is 0.222. The van der Waals surface area contributed by atoms with Crippen LogP contribution in [-0.2, 0) is 14.7 Å². The number of nitrogens with zero attached hydrogens (tertiary/aromatic N) is 6. The van der Waals surface area contributed by atoms with E-state index in [-0.39, 0.29) is 45.8 Å². The van der Waals surface area contributed by atoms with Crippen LogP contribution in [0.1, 0.15) is 18.3 Å². The maximum atomic E-state index is 12.3. The average Bonchev–Trinajstić information content (AvgIpc) is 3.12. The van der Waals surface area contributed by atoms with Crippen LogP contribution in [0, 0.1) is 17.0 Å². The summed E-state index contributed by atoms with van der Waals surface area (Å²) in [5, 5.41) is 23.6. The Morgan fingerprint density at radius 2 is 1.94 bits per heavy atom.